The summed E-state index contributed by atoms with van der Waals surface area (Å²) < 4.78 is 5.24. The van der Waals surface area contributed by atoms with Gasteiger partial charge in [-0.05, 0) is 12.0 Å². The minimum absolute atomic E-state index is 0.0144. The van der Waals surface area contributed by atoms with Crippen LogP contribution in [0.5, 0.6) is 0 Å². The molecule has 1 N–H and O–H groups in total. The zero-order valence-electron chi connectivity index (χ0n) is 15.6. The fourth-order valence-electron chi connectivity index (χ4n) is 3.50. The van der Waals surface area contributed by atoms with Gasteiger partial charge in [0.2, 0.25) is 17.7 Å². The summed E-state index contributed by atoms with van der Waals surface area (Å²) in [5.74, 6) is -0.0517. The maximum absolute atomic E-state index is 12.5. The highest BCUT2D eigenvalue weighted by atomic mass is 16.5. The summed E-state index contributed by atoms with van der Waals surface area (Å²) >= 11 is 0. The second kappa shape index (κ2) is 9.50. The lowest BCUT2D eigenvalue weighted by Crippen LogP contribution is -2.41. The van der Waals surface area contributed by atoms with E-state index in [0.29, 0.717) is 39.3 Å². The van der Waals surface area contributed by atoms with Crippen molar-refractivity contribution in [3.8, 4) is 0 Å². The number of morpholine rings is 1. The van der Waals surface area contributed by atoms with Crippen LogP contribution in [0, 0.1) is 0 Å². The average molecular weight is 373 g/mol. The van der Waals surface area contributed by atoms with Gasteiger partial charge in [-0.3, -0.25) is 14.4 Å². The molecule has 2 heterocycles. The molecular weight excluding hydrogens is 346 g/mol. The summed E-state index contributed by atoms with van der Waals surface area (Å²) in [5, 5.41) is 3.01. The SMILES string of the molecule is O=C(CCC(=O)N1CCOCC1)N[C@@H](CN1CCCC1=O)c1ccccc1. The molecule has 3 rings (SSSR count). The van der Waals surface area contributed by atoms with Crippen molar-refractivity contribution in [3.05, 3.63) is 35.9 Å². The van der Waals surface area contributed by atoms with Gasteiger partial charge in [0, 0.05) is 45.4 Å². The van der Waals surface area contributed by atoms with Crippen LogP contribution < -0.4 is 5.32 Å². The van der Waals surface area contributed by atoms with Gasteiger partial charge >= 0.3 is 0 Å². The largest absolute Gasteiger partial charge is 0.378 e. The Hall–Kier alpha value is -2.41. The first-order chi connectivity index (χ1) is 13.1. The first kappa shape index (κ1) is 19.4. The number of carbonyl (C=O) groups excluding carboxylic acids is 3. The average Bonchev–Trinajstić information content (AvgIpc) is 3.11. The number of nitrogens with zero attached hydrogens (tertiary/aromatic N) is 2. The molecule has 0 radical (unpaired) electrons. The van der Waals surface area contributed by atoms with Gasteiger partial charge in [0.1, 0.15) is 0 Å². The summed E-state index contributed by atoms with van der Waals surface area (Å²) in [4.78, 5) is 40.2. The molecule has 2 saturated heterocycles. The summed E-state index contributed by atoms with van der Waals surface area (Å²) in [6.45, 7) is 3.48. The molecule has 146 valence electrons. The topological polar surface area (TPSA) is 79.0 Å². The fourth-order valence-corrected chi connectivity index (χ4v) is 3.50. The molecule has 2 aliphatic rings. The molecule has 1 aromatic carbocycles. The minimum atomic E-state index is -0.265. The number of nitrogens with one attached hydrogen (secondary N) is 1. The van der Waals surface area contributed by atoms with Gasteiger partial charge < -0.3 is 19.9 Å². The molecule has 0 spiro atoms. The van der Waals surface area contributed by atoms with Crippen molar-refractivity contribution in [2.45, 2.75) is 31.7 Å². The molecule has 2 fully saturated rings. The van der Waals surface area contributed by atoms with Gasteiger partial charge in [-0.1, -0.05) is 30.3 Å². The predicted molar refractivity (Wildman–Crippen MR) is 99.8 cm³/mol. The number of carbonyl (C=O) groups is 3. The van der Waals surface area contributed by atoms with Crippen LogP contribution in [0.2, 0.25) is 0 Å². The molecule has 1 atom stereocenters. The number of hydrogen-bond acceptors (Lipinski definition) is 4. The van der Waals surface area contributed by atoms with E-state index < -0.39 is 0 Å². The van der Waals surface area contributed by atoms with Gasteiger partial charge in [-0.25, -0.2) is 0 Å². The smallest absolute Gasteiger partial charge is 0.223 e. The Balaban J connectivity index is 1.55. The van der Waals surface area contributed by atoms with Gasteiger partial charge in [0.25, 0.3) is 0 Å². The number of hydrogen-bond donors (Lipinski definition) is 1. The third-order valence-electron chi connectivity index (χ3n) is 5.04. The van der Waals surface area contributed by atoms with Crippen LogP contribution in [0.3, 0.4) is 0 Å². The molecule has 3 amide bonds. The van der Waals surface area contributed by atoms with Crippen LogP contribution in [-0.4, -0.2) is 66.9 Å². The van der Waals surface area contributed by atoms with Crippen LogP contribution in [0.25, 0.3) is 0 Å². The maximum atomic E-state index is 12.5. The quantitative estimate of drug-likeness (QED) is 0.776. The lowest BCUT2D eigenvalue weighted by Gasteiger charge is -2.27. The molecule has 2 aliphatic heterocycles. The number of rotatable bonds is 7. The molecule has 7 nitrogen and oxygen atoms in total. The molecule has 7 heteroatoms. The molecule has 0 saturated carbocycles. The Morgan fingerprint density at radius 3 is 2.48 bits per heavy atom. The van der Waals surface area contributed by atoms with Crippen molar-refractivity contribution in [3.63, 3.8) is 0 Å². The van der Waals surface area contributed by atoms with Crippen molar-refractivity contribution in [2.24, 2.45) is 0 Å². The van der Waals surface area contributed by atoms with Gasteiger partial charge in [-0.15, -0.1) is 0 Å². The highest BCUT2D eigenvalue weighted by Gasteiger charge is 2.25. The van der Waals surface area contributed by atoms with Crippen LogP contribution in [0.4, 0.5) is 0 Å². The molecular formula is C20H27N3O4. The zero-order valence-corrected chi connectivity index (χ0v) is 15.6. The highest BCUT2D eigenvalue weighted by molar-refractivity contribution is 5.84. The van der Waals surface area contributed by atoms with Crippen molar-refractivity contribution < 1.29 is 19.1 Å². The lowest BCUT2D eigenvalue weighted by atomic mass is 10.1. The third kappa shape index (κ3) is 5.53. The normalized spacial score (nSPS) is 18.4. The summed E-state index contributed by atoms with van der Waals surface area (Å²) in [6.07, 6.45) is 1.77. The van der Waals surface area contributed by atoms with E-state index in [-0.39, 0.29) is 36.6 Å². The maximum Gasteiger partial charge on any atom is 0.223 e. The minimum Gasteiger partial charge on any atom is -0.378 e. The first-order valence-electron chi connectivity index (χ1n) is 9.61. The number of ether oxygens (including phenoxy) is 1. The Morgan fingerprint density at radius 1 is 1.07 bits per heavy atom. The molecule has 0 aromatic heterocycles. The zero-order chi connectivity index (χ0) is 19.1. The van der Waals surface area contributed by atoms with Crippen LogP contribution in [0.1, 0.15) is 37.3 Å². The number of likely N-dealkylation sites (tertiary alicyclic amines) is 1. The van der Waals surface area contributed by atoms with Crippen molar-refractivity contribution >= 4 is 17.7 Å². The van der Waals surface area contributed by atoms with Crippen molar-refractivity contribution in [1.29, 1.82) is 0 Å². The van der Waals surface area contributed by atoms with E-state index in [1.807, 2.05) is 30.3 Å². The third-order valence-corrected chi connectivity index (χ3v) is 5.04. The lowest BCUT2D eigenvalue weighted by molar-refractivity contribution is -0.137. The monoisotopic (exact) mass is 373 g/mol. The second-order valence-corrected chi connectivity index (χ2v) is 6.97. The van der Waals surface area contributed by atoms with E-state index in [0.717, 1.165) is 18.5 Å². The summed E-state index contributed by atoms with van der Waals surface area (Å²) in [5.41, 5.74) is 0.963. The summed E-state index contributed by atoms with van der Waals surface area (Å²) in [6, 6.07) is 9.39. The Morgan fingerprint density at radius 2 is 1.81 bits per heavy atom. The predicted octanol–water partition coefficient (Wildman–Crippen LogP) is 1.11. The first-order valence-corrected chi connectivity index (χ1v) is 9.61. The Labute approximate surface area is 159 Å². The van der Waals surface area contributed by atoms with Crippen LogP contribution in [0.15, 0.2) is 30.3 Å². The molecule has 0 aliphatic carbocycles. The number of benzene rings is 1. The van der Waals surface area contributed by atoms with Gasteiger partial charge in [-0.2, -0.15) is 0 Å². The molecule has 0 unspecified atom stereocenters. The Bertz CT molecular complexity index is 658. The highest BCUT2D eigenvalue weighted by Crippen LogP contribution is 2.19. The molecule has 0 bridgehead atoms. The number of amides is 3. The van der Waals surface area contributed by atoms with E-state index in [9.17, 15) is 14.4 Å². The standard InChI is InChI=1S/C20H27N3O4/c24-18(8-9-20(26)22-11-13-27-14-12-22)21-17(16-5-2-1-3-6-16)15-23-10-4-7-19(23)25/h1-3,5-6,17H,4,7-15H2,(H,21,24)/t17-/m0/s1. The summed E-state index contributed by atoms with van der Waals surface area (Å²) in [7, 11) is 0. The van der Waals surface area contributed by atoms with Crippen molar-refractivity contribution in [1.82, 2.24) is 15.1 Å². The molecule has 1 aromatic rings. The van der Waals surface area contributed by atoms with E-state index >= 15 is 0 Å². The van der Waals surface area contributed by atoms with E-state index in [1.165, 1.54) is 0 Å². The van der Waals surface area contributed by atoms with E-state index in [1.54, 1.807) is 9.80 Å². The second-order valence-electron chi connectivity index (χ2n) is 6.97. The fraction of sp³-hybridized carbons (Fsp3) is 0.550. The van der Waals surface area contributed by atoms with Crippen molar-refractivity contribution in [2.75, 3.05) is 39.4 Å². The molecule has 27 heavy (non-hydrogen) atoms. The Kier molecular flexibility index (Phi) is 6.81. The van der Waals surface area contributed by atoms with Crippen LogP contribution in [-0.2, 0) is 19.1 Å². The van der Waals surface area contributed by atoms with Gasteiger partial charge in [0.15, 0.2) is 0 Å². The van der Waals surface area contributed by atoms with Gasteiger partial charge in [0.05, 0.1) is 19.3 Å². The van der Waals surface area contributed by atoms with E-state index in [2.05, 4.69) is 5.32 Å². The van der Waals surface area contributed by atoms with E-state index in [4.69, 9.17) is 4.74 Å². The van der Waals surface area contributed by atoms with Crippen LogP contribution >= 0.6 is 0 Å².